The number of nitrogens with zero attached hydrogens (tertiary/aromatic N) is 2. The van der Waals surface area contributed by atoms with E-state index in [9.17, 15) is 18.0 Å². The summed E-state index contributed by atoms with van der Waals surface area (Å²) in [5.74, 6) is -0.0597. The van der Waals surface area contributed by atoms with Crippen LogP contribution in [0.25, 0.3) is 0 Å². The van der Waals surface area contributed by atoms with Gasteiger partial charge in [-0.15, -0.1) is 0 Å². The van der Waals surface area contributed by atoms with Gasteiger partial charge in [-0.3, -0.25) is 9.59 Å². The Hall–Kier alpha value is -2.91. The zero-order valence-corrected chi connectivity index (χ0v) is 20.5. The number of hydrogen-bond donors (Lipinski definition) is 1. The third kappa shape index (κ3) is 8.18. The van der Waals surface area contributed by atoms with Crippen LogP contribution in [0.4, 0.5) is 0 Å². The third-order valence-electron chi connectivity index (χ3n) is 5.21. The summed E-state index contributed by atoms with van der Waals surface area (Å²) in [5.41, 5.74) is 1.57. The number of ether oxygens (including phenoxy) is 1. The van der Waals surface area contributed by atoms with E-state index in [0.29, 0.717) is 12.3 Å². The zero-order chi connectivity index (χ0) is 24.4. The summed E-state index contributed by atoms with van der Waals surface area (Å²) in [6.07, 6.45) is 1.85. The first-order chi connectivity index (χ1) is 15.7. The van der Waals surface area contributed by atoms with Crippen molar-refractivity contribution in [3.05, 3.63) is 65.7 Å². The molecule has 0 saturated heterocycles. The van der Waals surface area contributed by atoms with Gasteiger partial charge in [-0.1, -0.05) is 49.4 Å². The molecule has 0 saturated carbocycles. The van der Waals surface area contributed by atoms with Crippen molar-refractivity contribution in [1.82, 2.24) is 14.5 Å². The molecule has 0 bridgehead atoms. The number of carbonyl (C=O) groups is 2. The van der Waals surface area contributed by atoms with Crippen molar-refractivity contribution in [2.75, 3.05) is 26.5 Å². The maximum absolute atomic E-state index is 13.4. The fraction of sp³-hybridized carbons (Fsp3) is 0.417. The molecule has 2 aromatic rings. The Morgan fingerprint density at radius 3 is 2.15 bits per heavy atom. The first-order valence-electron chi connectivity index (χ1n) is 10.8. The van der Waals surface area contributed by atoms with Crippen molar-refractivity contribution in [1.29, 1.82) is 0 Å². The zero-order valence-electron chi connectivity index (χ0n) is 19.7. The SMILES string of the molecule is CCCNC(=O)C(C)N(Cc1ccc(OC)cc1)C(=O)CN(Cc1ccccc1)S(C)(=O)=O. The number of rotatable bonds is 12. The van der Waals surface area contributed by atoms with Gasteiger partial charge in [0.15, 0.2) is 0 Å². The van der Waals surface area contributed by atoms with E-state index in [-0.39, 0.29) is 25.5 Å². The Balaban J connectivity index is 2.27. The minimum atomic E-state index is -3.66. The van der Waals surface area contributed by atoms with Crippen molar-refractivity contribution >= 4 is 21.8 Å². The summed E-state index contributed by atoms with van der Waals surface area (Å²) in [6, 6.07) is 15.5. The molecule has 1 atom stereocenters. The molecule has 0 heterocycles. The lowest BCUT2D eigenvalue weighted by atomic mass is 10.1. The molecule has 0 aliphatic heterocycles. The molecule has 0 aliphatic rings. The predicted molar refractivity (Wildman–Crippen MR) is 128 cm³/mol. The van der Waals surface area contributed by atoms with Crippen molar-refractivity contribution in [3.8, 4) is 5.75 Å². The predicted octanol–water partition coefficient (Wildman–Crippen LogP) is 2.40. The second kappa shape index (κ2) is 12.4. The molecule has 33 heavy (non-hydrogen) atoms. The molecule has 0 aliphatic carbocycles. The largest absolute Gasteiger partial charge is 0.497 e. The molecule has 2 rings (SSSR count). The average molecular weight is 476 g/mol. The number of benzene rings is 2. The number of sulfonamides is 1. The summed E-state index contributed by atoms with van der Waals surface area (Å²) in [7, 11) is -2.10. The van der Waals surface area contributed by atoms with Crippen LogP contribution in [0.15, 0.2) is 54.6 Å². The van der Waals surface area contributed by atoms with Gasteiger partial charge in [-0.05, 0) is 36.6 Å². The van der Waals surface area contributed by atoms with Gasteiger partial charge in [0.1, 0.15) is 11.8 Å². The molecule has 0 radical (unpaired) electrons. The Morgan fingerprint density at radius 2 is 1.61 bits per heavy atom. The topological polar surface area (TPSA) is 96.0 Å². The first-order valence-corrected chi connectivity index (χ1v) is 12.7. The lowest BCUT2D eigenvalue weighted by Crippen LogP contribution is -2.51. The summed E-state index contributed by atoms with van der Waals surface area (Å²) in [5, 5.41) is 2.81. The van der Waals surface area contributed by atoms with Gasteiger partial charge in [-0.2, -0.15) is 4.31 Å². The Kier molecular flexibility index (Phi) is 9.87. The normalized spacial score (nSPS) is 12.3. The minimum Gasteiger partial charge on any atom is -0.497 e. The van der Waals surface area contributed by atoms with Crippen molar-refractivity contribution < 1.29 is 22.7 Å². The molecule has 180 valence electrons. The molecular formula is C24H33N3O5S. The highest BCUT2D eigenvalue weighted by molar-refractivity contribution is 7.88. The highest BCUT2D eigenvalue weighted by atomic mass is 32.2. The van der Waals surface area contributed by atoms with Gasteiger partial charge in [0.05, 0.1) is 19.9 Å². The first kappa shape index (κ1) is 26.3. The summed E-state index contributed by atoms with van der Waals surface area (Å²) in [6.45, 7) is 3.95. The van der Waals surface area contributed by atoms with Crippen molar-refractivity contribution in [2.24, 2.45) is 0 Å². The second-order valence-corrected chi connectivity index (χ2v) is 9.84. The van der Waals surface area contributed by atoms with E-state index < -0.39 is 22.0 Å². The summed E-state index contributed by atoms with van der Waals surface area (Å²) < 4.78 is 31.2. The van der Waals surface area contributed by atoms with Crippen LogP contribution >= 0.6 is 0 Å². The number of amides is 2. The fourth-order valence-electron chi connectivity index (χ4n) is 3.23. The Bertz CT molecular complexity index is 1010. The van der Waals surface area contributed by atoms with Crippen molar-refractivity contribution in [2.45, 2.75) is 39.4 Å². The molecular weight excluding hydrogens is 442 g/mol. The van der Waals surface area contributed by atoms with Gasteiger partial charge in [0.2, 0.25) is 21.8 Å². The maximum Gasteiger partial charge on any atom is 0.242 e. The minimum absolute atomic E-state index is 0.0677. The van der Waals surface area contributed by atoms with Crippen LogP contribution in [-0.2, 0) is 32.7 Å². The molecule has 1 N–H and O–H groups in total. The van der Waals surface area contributed by atoms with Gasteiger partial charge < -0.3 is 15.0 Å². The number of methoxy groups -OCH3 is 1. The van der Waals surface area contributed by atoms with Crippen LogP contribution < -0.4 is 10.1 Å². The van der Waals surface area contributed by atoms with E-state index in [1.807, 2.05) is 37.3 Å². The van der Waals surface area contributed by atoms with Gasteiger partial charge >= 0.3 is 0 Å². The quantitative estimate of drug-likeness (QED) is 0.509. The molecule has 2 amide bonds. The summed E-state index contributed by atoms with van der Waals surface area (Å²) >= 11 is 0. The molecule has 2 aromatic carbocycles. The molecule has 0 fully saturated rings. The number of nitrogens with one attached hydrogen (secondary N) is 1. The molecule has 8 nitrogen and oxygen atoms in total. The van der Waals surface area contributed by atoms with E-state index >= 15 is 0 Å². The highest BCUT2D eigenvalue weighted by Gasteiger charge is 2.29. The maximum atomic E-state index is 13.4. The standard InChI is InChI=1S/C24H33N3O5S/c1-5-15-25-24(29)19(2)27(17-21-11-13-22(32-3)14-12-21)23(28)18-26(33(4,30)31)16-20-9-7-6-8-10-20/h6-14,19H,5,15-18H2,1-4H3,(H,25,29). The van der Waals surface area contributed by atoms with E-state index in [1.54, 1.807) is 38.3 Å². The third-order valence-corrected chi connectivity index (χ3v) is 6.41. The molecule has 0 aromatic heterocycles. The average Bonchev–Trinajstić information content (AvgIpc) is 2.80. The van der Waals surface area contributed by atoms with Crippen LogP contribution in [0.5, 0.6) is 5.75 Å². The second-order valence-electron chi connectivity index (χ2n) is 7.85. The van der Waals surface area contributed by atoms with E-state index in [0.717, 1.165) is 28.1 Å². The van der Waals surface area contributed by atoms with E-state index in [1.165, 1.54) is 4.90 Å². The van der Waals surface area contributed by atoms with Crippen LogP contribution in [-0.4, -0.2) is 61.9 Å². The molecule has 9 heteroatoms. The van der Waals surface area contributed by atoms with Gasteiger partial charge in [0.25, 0.3) is 0 Å². The fourth-order valence-corrected chi connectivity index (χ4v) is 3.95. The van der Waals surface area contributed by atoms with Crippen LogP contribution in [0.2, 0.25) is 0 Å². The van der Waals surface area contributed by atoms with Gasteiger partial charge in [-0.25, -0.2) is 8.42 Å². The summed E-state index contributed by atoms with van der Waals surface area (Å²) in [4.78, 5) is 27.4. The monoisotopic (exact) mass is 475 g/mol. The smallest absolute Gasteiger partial charge is 0.242 e. The van der Waals surface area contributed by atoms with Crippen LogP contribution in [0.1, 0.15) is 31.4 Å². The van der Waals surface area contributed by atoms with Crippen LogP contribution in [0.3, 0.4) is 0 Å². The molecule has 0 spiro atoms. The molecule has 1 unspecified atom stereocenters. The lowest BCUT2D eigenvalue weighted by Gasteiger charge is -2.31. The lowest BCUT2D eigenvalue weighted by molar-refractivity contribution is -0.140. The Labute approximate surface area is 196 Å². The van der Waals surface area contributed by atoms with Crippen molar-refractivity contribution in [3.63, 3.8) is 0 Å². The van der Waals surface area contributed by atoms with Crippen LogP contribution in [0, 0.1) is 0 Å². The van der Waals surface area contributed by atoms with E-state index in [2.05, 4.69) is 5.32 Å². The number of hydrogen-bond acceptors (Lipinski definition) is 5. The Morgan fingerprint density at radius 1 is 1.00 bits per heavy atom. The highest BCUT2D eigenvalue weighted by Crippen LogP contribution is 2.16. The van der Waals surface area contributed by atoms with E-state index in [4.69, 9.17) is 4.74 Å². The number of carbonyl (C=O) groups excluding carboxylic acids is 2. The van der Waals surface area contributed by atoms with Gasteiger partial charge in [0, 0.05) is 19.6 Å².